The van der Waals surface area contributed by atoms with E-state index in [0.717, 1.165) is 5.56 Å². The largest absolute Gasteiger partial charge is 0.392 e. The van der Waals surface area contributed by atoms with Gasteiger partial charge in [0.25, 0.3) is 0 Å². The van der Waals surface area contributed by atoms with Gasteiger partial charge < -0.3 is 36.4 Å². The molecule has 0 radical (unpaired) electrons. The lowest BCUT2D eigenvalue weighted by Crippen LogP contribution is -2.52. The Morgan fingerprint density at radius 2 is 1.75 bits per heavy atom. The van der Waals surface area contributed by atoms with Crippen molar-refractivity contribution in [3.63, 3.8) is 0 Å². The van der Waals surface area contributed by atoms with Crippen LogP contribution >= 0.6 is 0 Å². The monoisotopic (exact) mass is 453 g/mol. The smallest absolute Gasteiger partial charge is 0.246 e. The Balaban J connectivity index is 2.64. The standard InChI is InChI=1S/C21H35N5O6/c1-2-17(25-19(28)9-11-31-12-13-32-23)20(29)26-18(4-3-10-22)21(30)24-16-7-5-15(14-27)6-8-16/h5-8,17-18,27H,2-4,9-14,22-23H2,1H3,(H,24,30)(H,25,28)(H,26,29). The minimum atomic E-state index is -0.811. The molecule has 0 aliphatic rings. The van der Waals surface area contributed by atoms with Gasteiger partial charge in [-0.2, -0.15) is 0 Å². The first-order valence-corrected chi connectivity index (χ1v) is 10.6. The predicted molar refractivity (Wildman–Crippen MR) is 119 cm³/mol. The maximum absolute atomic E-state index is 12.7. The Bertz CT molecular complexity index is 700. The van der Waals surface area contributed by atoms with Crippen molar-refractivity contribution in [1.82, 2.24) is 10.6 Å². The van der Waals surface area contributed by atoms with Gasteiger partial charge in [-0.15, -0.1) is 0 Å². The van der Waals surface area contributed by atoms with E-state index in [1.807, 2.05) is 0 Å². The third-order valence-electron chi connectivity index (χ3n) is 4.61. The molecule has 8 N–H and O–H groups in total. The number of hydrogen-bond acceptors (Lipinski definition) is 8. The molecule has 3 amide bonds. The molecule has 2 atom stereocenters. The highest BCUT2D eigenvalue weighted by atomic mass is 16.6. The van der Waals surface area contributed by atoms with Crippen molar-refractivity contribution in [2.75, 3.05) is 31.7 Å². The molecular weight excluding hydrogens is 418 g/mol. The third kappa shape index (κ3) is 10.6. The Morgan fingerprint density at radius 3 is 2.34 bits per heavy atom. The van der Waals surface area contributed by atoms with Crippen LogP contribution in [0.5, 0.6) is 0 Å². The number of carbonyl (C=O) groups is 3. The third-order valence-corrected chi connectivity index (χ3v) is 4.61. The van der Waals surface area contributed by atoms with E-state index in [0.29, 0.717) is 31.5 Å². The number of ether oxygens (including phenoxy) is 1. The van der Waals surface area contributed by atoms with Gasteiger partial charge in [0.1, 0.15) is 12.1 Å². The van der Waals surface area contributed by atoms with E-state index < -0.39 is 18.0 Å². The van der Waals surface area contributed by atoms with Gasteiger partial charge in [0, 0.05) is 12.1 Å². The first-order chi connectivity index (χ1) is 15.4. The van der Waals surface area contributed by atoms with Crippen LogP contribution in [0.3, 0.4) is 0 Å². The molecule has 1 aromatic carbocycles. The van der Waals surface area contributed by atoms with Crippen LogP contribution in [0.25, 0.3) is 0 Å². The molecule has 0 spiro atoms. The van der Waals surface area contributed by atoms with Crippen LogP contribution in [0, 0.1) is 0 Å². The minimum Gasteiger partial charge on any atom is -0.392 e. The van der Waals surface area contributed by atoms with Crippen molar-refractivity contribution in [2.45, 2.75) is 51.3 Å². The lowest BCUT2D eigenvalue weighted by atomic mass is 10.1. The molecule has 0 fully saturated rings. The van der Waals surface area contributed by atoms with Crippen molar-refractivity contribution >= 4 is 23.4 Å². The number of amides is 3. The summed E-state index contributed by atoms with van der Waals surface area (Å²) < 4.78 is 5.19. The van der Waals surface area contributed by atoms with Gasteiger partial charge >= 0.3 is 0 Å². The van der Waals surface area contributed by atoms with Crippen LogP contribution in [0.15, 0.2) is 24.3 Å². The maximum Gasteiger partial charge on any atom is 0.246 e. The molecule has 11 heteroatoms. The Labute approximate surface area is 188 Å². The molecule has 0 aliphatic carbocycles. The highest BCUT2D eigenvalue weighted by Crippen LogP contribution is 2.11. The molecule has 0 aliphatic heterocycles. The second-order valence-corrected chi connectivity index (χ2v) is 7.10. The van der Waals surface area contributed by atoms with Crippen molar-refractivity contribution < 1.29 is 29.1 Å². The van der Waals surface area contributed by atoms with Crippen LogP contribution in [0.1, 0.15) is 38.2 Å². The molecule has 0 saturated heterocycles. The molecule has 0 bridgehead atoms. The first kappa shape index (κ1) is 27.5. The predicted octanol–water partition coefficient (Wildman–Crippen LogP) is -0.467. The second-order valence-electron chi connectivity index (χ2n) is 7.10. The molecule has 1 aromatic rings. The minimum absolute atomic E-state index is 0.0786. The van der Waals surface area contributed by atoms with E-state index in [1.54, 1.807) is 31.2 Å². The molecule has 0 saturated carbocycles. The number of carbonyl (C=O) groups excluding carboxylic acids is 3. The zero-order chi connectivity index (χ0) is 23.8. The molecule has 0 heterocycles. The summed E-state index contributed by atoms with van der Waals surface area (Å²) in [6.45, 7) is 2.69. The number of nitrogens with two attached hydrogens (primary N) is 2. The Kier molecular flexibility index (Phi) is 13.8. The number of nitrogens with one attached hydrogen (secondary N) is 3. The van der Waals surface area contributed by atoms with Crippen LogP contribution in [-0.2, 0) is 30.6 Å². The van der Waals surface area contributed by atoms with E-state index in [9.17, 15) is 14.4 Å². The van der Waals surface area contributed by atoms with Crippen molar-refractivity contribution in [1.29, 1.82) is 0 Å². The van der Waals surface area contributed by atoms with Gasteiger partial charge in [-0.3, -0.25) is 14.4 Å². The summed E-state index contributed by atoms with van der Waals surface area (Å²) in [5, 5.41) is 17.2. The lowest BCUT2D eigenvalue weighted by molar-refractivity contribution is -0.131. The highest BCUT2D eigenvalue weighted by molar-refractivity contribution is 5.98. The number of rotatable bonds is 16. The number of aliphatic hydroxyl groups excluding tert-OH is 1. The number of hydrogen-bond donors (Lipinski definition) is 6. The molecule has 32 heavy (non-hydrogen) atoms. The Morgan fingerprint density at radius 1 is 1.03 bits per heavy atom. The molecular formula is C21H35N5O6. The molecule has 1 rings (SSSR count). The Hall–Kier alpha value is -2.57. The van der Waals surface area contributed by atoms with Crippen LogP contribution in [0.2, 0.25) is 0 Å². The van der Waals surface area contributed by atoms with Gasteiger partial charge in [0.05, 0.1) is 26.4 Å². The lowest BCUT2D eigenvalue weighted by Gasteiger charge is -2.22. The fourth-order valence-electron chi connectivity index (χ4n) is 2.78. The summed E-state index contributed by atoms with van der Waals surface area (Å²) in [4.78, 5) is 41.9. The SMILES string of the molecule is CCC(NC(=O)CCOCCON)C(=O)NC(CCCN)C(=O)Nc1ccc(CO)cc1. The van der Waals surface area contributed by atoms with Gasteiger partial charge in [0.15, 0.2) is 0 Å². The van der Waals surface area contributed by atoms with Gasteiger partial charge in [-0.05, 0) is 43.5 Å². The zero-order valence-corrected chi connectivity index (χ0v) is 18.5. The summed E-state index contributed by atoms with van der Waals surface area (Å²) in [7, 11) is 0. The van der Waals surface area contributed by atoms with Crippen molar-refractivity contribution in [2.24, 2.45) is 11.6 Å². The van der Waals surface area contributed by atoms with Gasteiger partial charge in [-0.1, -0.05) is 19.1 Å². The zero-order valence-electron chi connectivity index (χ0n) is 18.5. The van der Waals surface area contributed by atoms with E-state index in [2.05, 4.69) is 20.8 Å². The normalized spacial score (nSPS) is 12.6. The highest BCUT2D eigenvalue weighted by Gasteiger charge is 2.25. The summed E-state index contributed by atoms with van der Waals surface area (Å²) in [5.74, 6) is 3.70. The average Bonchev–Trinajstić information content (AvgIpc) is 2.80. The quantitative estimate of drug-likeness (QED) is 0.144. The van der Waals surface area contributed by atoms with Gasteiger partial charge in [-0.25, -0.2) is 5.90 Å². The summed E-state index contributed by atoms with van der Waals surface area (Å²) in [6, 6.07) is 5.13. The number of benzene rings is 1. The van der Waals surface area contributed by atoms with E-state index in [1.165, 1.54) is 0 Å². The van der Waals surface area contributed by atoms with E-state index in [-0.39, 0.29) is 44.7 Å². The van der Waals surface area contributed by atoms with Crippen LogP contribution in [-0.4, -0.2) is 61.3 Å². The van der Waals surface area contributed by atoms with E-state index in [4.69, 9.17) is 21.5 Å². The summed E-state index contributed by atoms with van der Waals surface area (Å²) >= 11 is 0. The summed E-state index contributed by atoms with van der Waals surface area (Å²) in [6.07, 6.45) is 1.32. The summed E-state index contributed by atoms with van der Waals surface area (Å²) in [5.41, 5.74) is 6.83. The fourth-order valence-corrected chi connectivity index (χ4v) is 2.78. The van der Waals surface area contributed by atoms with Gasteiger partial charge in [0.2, 0.25) is 17.7 Å². The molecule has 0 aromatic heterocycles. The molecule has 2 unspecified atom stereocenters. The fraction of sp³-hybridized carbons (Fsp3) is 0.571. The second kappa shape index (κ2) is 16.1. The van der Waals surface area contributed by atoms with E-state index >= 15 is 0 Å². The number of anilines is 1. The average molecular weight is 454 g/mol. The van der Waals surface area contributed by atoms with Crippen molar-refractivity contribution in [3.05, 3.63) is 29.8 Å². The van der Waals surface area contributed by atoms with Crippen LogP contribution in [0.4, 0.5) is 5.69 Å². The first-order valence-electron chi connectivity index (χ1n) is 10.6. The van der Waals surface area contributed by atoms with Crippen molar-refractivity contribution in [3.8, 4) is 0 Å². The number of aliphatic hydroxyl groups is 1. The molecule has 180 valence electrons. The van der Waals surface area contributed by atoms with Crippen LogP contribution < -0.4 is 27.6 Å². The topological polar surface area (TPSA) is 178 Å². The molecule has 11 nitrogen and oxygen atoms in total. The maximum atomic E-state index is 12.7.